The number of hydrogen-bond acceptors (Lipinski definition) is 5. The minimum absolute atomic E-state index is 0.367. The van der Waals surface area contributed by atoms with Crippen LogP contribution in [0.4, 0.5) is 0 Å². The highest BCUT2D eigenvalue weighted by Crippen LogP contribution is 2.43. The van der Waals surface area contributed by atoms with Crippen molar-refractivity contribution in [2.24, 2.45) is 5.41 Å². The van der Waals surface area contributed by atoms with Crippen molar-refractivity contribution in [2.45, 2.75) is 26.2 Å². The third-order valence-corrected chi connectivity index (χ3v) is 6.02. The van der Waals surface area contributed by atoms with Gasteiger partial charge < -0.3 is 4.74 Å². The molecule has 26 heavy (non-hydrogen) atoms. The van der Waals surface area contributed by atoms with E-state index in [9.17, 15) is 10.5 Å². The second kappa shape index (κ2) is 6.44. The number of nitriles is 2. The summed E-state index contributed by atoms with van der Waals surface area (Å²) in [7, 11) is 0. The molecule has 1 saturated carbocycles. The molecule has 2 aromatic heterocycles. The molecule has 0 spiro atoms. The van der Waals surface area contributed by atoms with E-state index in [1.54, 1.807) is 17.5 Å². The maximum Gasteiger partial charge on any atom is 0.130 e. The lowest BCUT2D eigenvalue weighted by molar-refractivity contribution is 0.115. The molecule has 0 atom stereocenters. The van der Waals surface area contributed by atoms with Crippen LogP contribution in [0.15, 0.2) is 35.8 Å². The van der Waals surface area contributed by atoms with Gasteiger partial charge >= 0.3 is 0 Å². The van der Waals surface area contributed by atoms with E-state index in [1.807, 2.05) is 36.6 Å². The van der Waals surface area contributed by atoms with Crippen LogP contribution in [0.3, 0.4) is 0 Å². The highest BCUT2D eigenvalue weighted by molar-refractivity contribution is 7.17. The van der Waals surface area contributed by atoms with E-state index < -0.39 is 0 Å². The first-order valence-electron chi connectivity index (χ1n) is 8.57. The van der Waals surface area contributed by atoms with E-state index in [4.69, 9.17) is 4.74 Å². The molecule has 5 heteroatoms. The van der Waals surface area contributed by atoms with Crippen molar-refractivity contribution in [3.63, 3.8) is 0 Å². The molecule has 4 nitrogen and oxygen atoms in total. The summed E-state index contributed by atoms with van der Waals surface area (Å²) in [6.45, 7) is 2.34. The Morgan fingerprint density at radius 1 is 1.23 bits per heavy atom. The minimum atomic E-state index is -0.367. The molecule has 2 heterocycles. The molecule has 128 valence electrons. The number of aryl methyl sites for hydroxylation is 1. The Morgan fingerprint density at radius 2 is 2.08 bits per heavy atom. The van der Waals surface area contributed by atoms with Gasteiger partial charge in [0.05, 0.1) is 33.3 Å². The van der Waals surface area contributed by atoms with Gasteiger partial charge in [-0.2, -0.15) is 10.5 Å². The molecular formula is C21H17N3OS. The highest BCUT2D eigenvalue weighted by atomic mass is 32.1. The van der Waals surface area contributed by atoms with Gasteiger partial charge in [0.15, 0.2) is 0 Å². The molecule has 0 bridgehead atoms. The molecule has 0 radical (unpaired) electrons. The van der Waals surface area contributed by atoms with Crippen molar-refractivity contribution in [3.8, 4) is 29.0 Å². The van der Waals surface area contributed by atoms with Gasteiger partial charge in [-0.25, -0.2) is 0 Å². The number of nitrogens with zero attached hydrogens (tertiary/aromatic N) is 3. The number of benzene rings is 1. The lowest BCUT2D eigenvalue weighted by Crippen LogP contribution is -2.34. The Bertz CT molecular complexity index is 1070. The average Bonchev–Trinajstić information content (AvgIpc) is 3.10. The normalized spacial score (nSPS) is 15.0. The minimum Gasteiger partial charge on any atom is -0.491 e. The van der Waals surface area contributed by atoms with Crippen molar-refractivity contribution >= 4 is 21.6 Å². The first-order valence-corrected chi connectivity index (χ1v) is 9.45. The maximum absolute atomic E-state index is 9.49. The van der Waals surface area contributed by atoms with Gasteiger partial charge in [0.2, 0.25) is 0 Å². The van der Waals surface area contributed by atoms with Gasteiger partial charge in [-0.3, -0.25) is 4.98 Å². The lowest BCUT2D eigenvalue weighted by Gasteiger charge is -2.35. The van der Waals surface area contributed by atoms with E-state index in [2.05, 4.69) is 17.1 Å². The molecule has 0 unspecified atom stereocenters. The molecule has 0 amide bonds. The molecule has 0 saturated heterocycles. The zero-order valence-electron chi connectivity index (χ0n) is 14.5. The number of rotatable bonds is 4. The van der Waals surface area contributed by atoms with E-state index in [0.717, 1.165) is 51.9 Å². The molecule has 0 N–H and O–H groups in total. The molecule has 3 aromatic rings. The standard InChI is InChI=1S/C21H17N3OS/c1-14-9-15(11-22)10-17(16-3-7-24-18-4-8-26-20(16)18)19(14)25-13-21(12-23)5-2-6-21/h3-4,7-10H,2,5-6,13H2,1H3. The van der Waals surface area contributed by atoms with Crippen molar-refractivity contribution in [3.05, 3.63) is 47.0 Å². The molecule has 1 aromatic carbocycles. The Morgan fingerprint density at radius 3 is 2.77 bits per heavy atom. The average molecular weight is 359 g/mol. The van der Waals surface area contributed by atoms with Crippen molar-refractivity contribution in [1.29, 1.82) is 10.5 Å². The molecule has 1 aliphatic rings. The summed E-state index contributed by atoms with van der Waals surface area (Å²) >= 11 is 1.63. The predicted molar refractivity (Wildman–Crippen MR) is 102 cm³/mol. The Kier molecular flexibility index (Phi) is 4.11. The Labute approximate surface area is 156 Å². The van der Waals surface area contributed by atoms with Gasteiger partial charge in [-0.05, 0) is 55.0 Å². The van der Waals surface area contributed by atoms with Gasteiger partial charge in [0, 0.05) is 17.3 Å². The van der Waals surface area contributed by atoms with E-state index >= 15 is 0 Å². The molecule has 1 aliphatic carbocycles. The van der Waals surface area contributed by atoms with Crippen LogP contribution in [0, 0.1) is 35.0 Å². The Balaban J connectivity index is 1.82. The third-order valence-electron chi connectivity index (χ3n) is 5.08. The lowest BCUT2D eigenvalue weighted by atomic mass is 9.71. The summed E-state index contributed by atoms with van der Waals surface area (Å²) in [5, 5.41) is 20.9. The summed E-state index contributed by atoms with van der Waals surface area (Å²) in [6.07, 6.45) is 4.64. The van der Waals surface area contributed by atoms with Crippen LogP contribution in [0.25, 0.3) is 21.3 Å². The van der Waals surface area contributed by atoms with Crippen molar-refractivity contribution in [1.82, 2.24) is 4.98 Å². The number of aromatic nitrogens is 1. The fourth-order valence-corrected chi connectivity index (χ4v) is 4.30. The SMILES string of the molecule is Cc1cc(C#N)cc(-c2ccnc3ccsc23)c1OCC1(C#N)CCC1. The molecule has 4 rings (SSSR count). The van der Waals surface area contributed by atoms with Crippen LogP contribution < -0.4 is 4.74 Å². The summed E-state index contributed by atoms with van der Waals surface area (Å²) < 4.78 is 7.27. The van der Waals surface area contributed by atoms with E-state index in [1.165, 1.54) is 0 Å². The topological polar surface area (TPSA) is 69.7 Å². The molecular weight excluding hydrogens is 342 g/mol. The van der Waals surface area contributed by atoms with Crippen LogP contribution in [0.2, 0.25) is 0 Å². The van der Waals surface area contributed by atoms with Crippen LogP contribution in [-0.2, 0) is 0 Å². The monoisotopic (exact) mass is 359 g/mol. The van der Waals surface area contributed by atoms with Crippen LogP contribution in [-0.4, -0.2) is 11.6 Å². The van der Waals surface area contributed by atoms with E-state index in [-0.39, 0.29) is 5.41 Å². The van der Waals surface area contributed by atoms with Gasteiger partial charge in [0.25, 0.3) is 0 Å². The third kappa shape index (κ3) is 2.71. The largest absolute Gasteiger partial charge is 0.491 e. The first kappa shape index (κ1) is 16.6. The van der Waals surface area contributed by atoms with Crippen LogP contribution >= 0.6 is 11.3 Å². The van der Waals surface area contributed by atoms with Crippen molar-refractivity contribution in [2.75, 3.05) is 6.61 Å². The Hall–Kier alpha value is -2.89. The summed E-state index contributed by atoms with van der Waals surface area (Å²) in [4.78, 5) is 4.40. The van der Waals surface area contributed by atoms with Gasteiger partial charge in [0.1, 0.15) is 12.4 Å². The quantitative estimate of drug-likeness (QED) is 0.640. The molecule has 0 aliphatic heterocycles. The summed E-state index contributed by atoms with van der Waals surface area (Å²) in [5.41, 5.74) is 3.99. The van der Waals surface area contributed by atoms with Gasteiger partial charge in [-0.1, -0.05) is 6.42 Å². The fraction of sp³-hybridized carbons (Fsp3) is 0.286. The predicted octanol–water partition coefficient (Wildman–Crippen LogP) is 5.22. The van der Waals surface area contributed by atoms with Crippen LogP contribution in [0.5, 0.6) is 5.75 Å². The molecule has 1 fully saturated rings. The maximum atomic E-state index is 9.49. The summed E-state index contributed by atoms with van der Waals surface area (Å²) in [6, 6.07) is 12.3. The number of pyridine rings is 1. The number of ether oxygens (including phenoxy) is 1. The van der Waals surface area contributed by atoms with Crippen molar-refractivity contribution < 1.29 is 4.74 Å². The van der Waals surface area contributed by atoms with Crippen LogP contribution in [0.1, 0.15) is 30.4 Å². The number of fused-ring (bicyclic) bond motifs is 1. The smallest absolute Gasteiger partial charge is 0.130 e. The van der Waals surface area contributed by atoms with E-state index in [0.29, 0.717) is 12.2 Å². The fourth-order valence-electron chi connectivity index (χ4n) is 3.42. The first-order chi connectivity index (χ1) is 12.7. The zero-order valence-corrected chi connectivity index (χ0v) is 15.3. The zero-order chi connectivity index (χ0) is 18.1. The second-order valence-corrected chi connectivity index (χ2v) is 7.73. The second-order valence-electron chi connectivity index (χ2n) is 6.81. The number of thiophene rings is 1. The summed E-state index contributed by atoms with van der Waals surface area (Å²) in [5.74, 6) is 0.756. The number of hydrogen-bond donors (Lipinski definition) is 0. The highest BCUT2D eigenvalue weighted by Gasteiger charge is 2.38. The van der Waals surface area contributed by atoms with Gasteiger partial charge in [-0.15, -0.1) is 11.3 Å².